The molecule has 6 nitrogen and oxygen atoms in total. The number of aromatic nitrogens is 3. The van der Waals surface area contributed by atoms with E-state index in [0.717, 1.165) is 35.7 Å². The van der Waals surface area contributed by atoms with E-state index in [4.69, 9.17) is 8.94 Å². The molecular weight excluding hydrogens is 268 g/mol. The van der Waals surface area contributed by atoms with E-state index in [1.165, 1.54) is 25.7 Å². The predicted molar refractivity (Wildman–Crippen MR) is 77.9 cm³/mol. The molecule has 1 fully saturated rings. The van der Waals surface area contributed by atoms with Crippen molar-refractivity contribution >= 4 is 6.01 Å². The molecule has 0 radical (unpaired) electrons. The van der Waals surface area contributed by atoms with Crippen LogP contribution in [-0.4, -0.2) is 15.4 Å². The van der Waals surface area contributed by atoms with Crippen LogP contribution >= 0.6 is 0 Å². The first-order valence-corrected chi connectivity index (χ1v) is 7.76. The van der Waals surface area contributed by atoms with Gasteiger partial charge in [0.25, 0.3) is 0 Å². The van der Waals surface area contributed by atoms with Crippen molar-refractivity contribution < 1.29 is 8.94 Å². The van der Waals surface area contributed by atoms with Crippen molar-refractivity contribution in [3.63, 3.8) is 0 Å². The molecule has 3 rings (SSSR count). The Labute approximate surface area is 124 Å². The molecule has 0 aliphatic heterocycles. The molecule has 0 amide bonds. The average Bonchev–Trinajstić information content (AvgIpc) is 3.19. The Morgan fingerprint density at radius 3 is 2.81 bits per heavy atom. The van der Waals surface area contributed by atoms with Crippen molar-refractivity contribution in [2.45, 2.75) is 58.9 Å². The van der Waals surface area contributed by atoms with Gasteiger partial charge >= 0.3 is 6.01 Å². The second-order valence-corrected chi connectivity index (χ2v) is 5.73. The third-order valence-electron chi connectivity index (χ3n) is 4.21. The van der Waals surface area contributed by atoms with Gasteiger partial charge in [0.2, 0.25) is 5.89 Å². The lowest BCUT2D eigenvalue weighted by Gasteiger charge is -2.03. The molecule has 1 N–H and O–H groups in total. The molecule has 0 unspecified atom stereocenters. The zero-order valence-electron chi connectivity index (χ0n) is 12.7. The minimum absolute atomic E-state index is 0.477. The normalized spacial score (nSPS) is 15.7. The van der Waals surface area contributed by atoms with Crippen molar-refractivity contribution in [3.8, 4) is 0 Å². The summed E-state index contributed by atoms with van der Waals surface area (Å²) in [5.41, 5.74) is 1.98. The standard InChI is InChI=1S/C15H22N4O2/c1-3-13-12(10(2)19-21-13)9-16-15-18-17-14(20-15)8-11-6-4-5-7-11/h11H,3-9H2,1-2H3,(H,16,18). The highest BCUT2D eigenvalue weighted by molar-refractivity contribution is 5.28. The minimum Gasteiger partial charge on any atom is -0.408 e. The van der Waals surface area contributed by atoms with Crippen molar-refractivity contribution in [3.05, 3.63) is 22.9 Å². The largest absolute Gasteiger partial charge is 0.408 e. The van der Waals surface area contributed by atoms with Gasteiger partial charge in [0.05, 0.1) is 5.69 Å². The lowest BCUT2D eigenvalue weighted by Crippen LogP contribution is -2.02. The molecule has 2 aromatic rings. The van der Waals surface area contributed by atoms with E-state index in [1.54, 1.807) is 0 Å². The molecule has 21 heavy (non-hydrogen) atoms. The summed E-state index contributed by atoms with van der Waals surface area (Å²) < 4.78 is 10.9. The van der Waals surface area contributed by atoms with Gasteiger partial charge in [-0.15, -0.1) is 5.10 Å². The van der Waals surface area contributed by atoms with E-state index in [2.05, 4.69) is 27.6 Å². The molecule has 114 valence electrons. The van der Waals surface area contributed by atoms with E-state index in [1.807, 2.05) is 6.92 Å². The maximum Gasteiger partial charge on any atom is 0.315 e. The number of aryl methyl sites for hydroxylation is 2. The fraction of sp³-hybridized carbons (Fsp3) is 0.667. The third-order valence-corrected chi connectivity index (χ3v) is 4.21. The van der Waals surface area contributed by atoms with Crippen LogP contribution in [0, 0.1) is 12.8 Å². The molecule has 0 spiro atoms. The number of anilines is 1. The zero-order chi connectivity index (χ0) is 14.7. The molecular formula is C15H22N4O2. The zero-order valence-corrected chi connectivity index (χ0v) is 12.7. The van der Waals surface area contributed by atoms with Crippen molar-refractivity contribution in [1.82, 2.24) is 15.4 Å². The fourth-order valence-corrected chi connectivity index (χ4v) is 2.97. The van der Waals surface area contributed by atoms with Crippen LogP contribution in [0.15, 0.2) is 8.94 Å². The van der Waals surface area contributed by atoms with E-state index < -0.39 is 0 Å². The van der Waals surface area contributed by atoms with Gasteiger partial charge in [0, 0.05) is 24.9 Å². The van der Waals surface area contributed by atoms with Gasteiger partial charge in [-0.1, -0.05) is 30.0 Å². The second-order valence-electron chi connectivity index (χ2n) is 5.73. The second kappa shape index (κ2) is 6.28. The molecule has 0 atom stereocenters. The summed E-state index contributed by atoms with van der Waals surface area (Å²) in [6.07, 6.45) is 6.96. The van der Waals surface area contributed by atoms with Crippen LogP contribution in [0.1, 0.15) is 55.5 Å². The Bertz CT molecular complexity index is 584. The van der Waals surface area contributed by atoms with E-state index in [0.29, 0.717) is 18.5 Å². The Kier molecular flexibility index (Phi) is 4.22. The van der Waals surface area contributed by atoms with Gasteiger partial charge in [-0.05, 0) is 25.7 Å². The van der Waals surface area contributed by atoms with E-state index in [-0.39, 0.29) is 0 Å². The third kappa shape index (κ3) is 3.25. The summed E-state index contributed by atoms with van der Waals surface area (Å²) in [4.78, 5) is 0. The van der Waals surface area contributed by atoms with E-state index in [9.17, 15) is 0 Å². The van der Waals surface area contributed by atoms with Crippen LogP contribution in [0.3, 0.4) is 0 Å². The lowest BCUT2D eigenvalue weighted by atomic mass is 10.0. The predicted octanol–water partition coefficient (Wildman–Crippen LogP) is 3.27. The first kappa shape index (κ1) is 14.1. The number of nitrogens with zero attached hydrogens (tertiary/aromatic N) is 3. The molecule has 1 saturated carbocycles. The molecule has 2 heterocycles. The van der Waals surface area contributed by atoms with Crippen molar-refractivity contribution in [2.24, 2.45) is 5.92 Å². The number of hydrogen-bond acceptors (Lipinski definition) is 6. The lowest BCUT2D eigenvalue weighted by molar-refractivity contribution is 0.382. The summed E-state index contributed by atoms with van der Waals surface area (Å²) in [6.45, 7) is 4.60. The van der Waals surface area contributed by atoms with Crippen LogP contribution in [-0.2, 0) is 19.4 Å². The van der Waals surface area contributed by atoms with Gasteiger partial charge in [0.15, 0.2) is 0 Å². The Morgan fingerprint density at radius 2 is 2.05 bits per heavy atom. The SMILES string of the molecule is CCc1onc(C)c1CNc1nnc(CC2CCCC2)o1. The molecule has 1 aliphatic carbocycles. The minimum atomic E-state index is 0.477. The average molecular weight is 290 g/mol. The number of nitrogens with one attached hydrogen (secondary N) is 1. The summed E-state index contributed by atoms with van der Waals surface area (Å²) in [5.74, 6) is 2.36. The van der Waals surface area contributed by atoms with Crippen LogP contribution in [0.5, 0.6) is 0 Å². The van der Waals surface area contributed by atoms with Gasteiger partial charge in [-0.25, -0.2) is 0 Å². The Morgan fingerprint density at radius 1 is 1.24 bits per heavy atom. The molecule has 6 heteroatoms. The van der Waals surface area contributed by atoms with E-state index >= 15 is 0 Å². The Hall–Kier alpha value is -1.85. The molecule has 2 aromatic heterocycles. The highest BCUT2D eigenvalue weighted by Gasteiger charge is 2.19. The first-order chi connectivity index (χ1) is 10.3. The highest BCUT2D eigenvalue weighted by Crippen LogP contribution is 2.28. The highest BCUT2D eigenvalue weighted by atomic mass is 16.5. The van der Waals surface area contributed by atoms with Crippen molar-refractivity contribution in [2.75, 3.05) is 5.32 Å². The molecule has 1 aliphatic rings. The monoisotopic (exact) mass is 290 g/mol. The maximum atomic E-state index is 5.67. The van der Waals surface area contributed by atoms with Gasteiger partial charge < -0.3 is 14.3 Å². The summed E-state index contributed by atoms with van der Waals surface area (Å²) >= 11 is 0. The first-order valence-electron chi connectivity index (χ1n) is 7.76. The van der Waals surface area contributed by atoms with Crippen LogP contribution < -0.4 is 5.32 Å². The summed E-state index contributed by atoms with van der Waals surface area (Å²) in [5, 5.41) is 15.3. The summed E-state index contributed by atoms with van der Waals surface area (Å²) in [6, 6.07) is 0.477. The molecule has 0 aromatic carbocycles. The molecule has 0 bridgehead atoms. The smallest absolute Gasteiger partial charge is 0.315 e. The van der Waals surface area contributed by atoms with Crippen LogP contribution in [0.2, 0.25) is 0 Å². The Balaban J connectivity index is 1.58. The van der Waals surface area contributed by atoms with Gasteiger partial charge in [0.1, 0.15) is 5.76 Å². The summed E-state index contributed by atoms with van der Waals surface area (Å²) in [7, 11) is 0. The fourth-order valence-electron chi connectivity index (χ4n) is 2.97. The van der Waals surface area contributed by atoms with Crippen molar-refractivity contribution in [1.29, 1.82) is 0 Å². The van der Waals surface area contributed by atoms with Crippen LogP contribution in [0.25, 0.3) is 0 Å². The number of hydrogen-bond donors (Lipinski definition) is 1. The quantitative estimate of drug-likeness (QED) is 0.879. The number of rotatable bonds is 6. The maximum absolute atomic E-state index is 5.67. The van der Waals surface area contributed by atoms with Crippen LogP contribution in [0.4, 0.5) is 6.01 Å². The molecule has 0 saturated heterocycles. The topological polar surface area (TPSA) is 77.0 Å². The van der Waals surface area contributed by atoms with Gasteiger partial charge in [-0.2, -0.15) is 0 Å². The van der Waals surface area contributed by atoms with Gasteiger partial charge in [-0.3, -0.25) is 0 Å².